The number of carbonyl (C=O) groups excluding carboxylic acids is 1. The number of nitrogens with one attached hydrogen (secondary N) is 1. The molecular formula is C16H18BrN2OS+. The van der Waals surface area contributed by atoms with Crippen LogP contribution >= 0.6 is 27.3 Å². The maximum atomic E-state index is 12.3. The number of hydrogen-bond donors (Lipinski definition) is 1. The van der Waals surface area contributed by atoms with E-state index >= 15 is 0 Å². The third-order valence-electron chi connectivity index (χ3n) is 3.89. The molecule has 1 aromatic heterocycles. The Morgan fingerprint density at radius 3 is 2.62 bits per heavy atom. The van der Waals surface area contributed by atoms with Gasteiger partial charge in [0, 0.05) is 10.0 Å². The standard InChI is InChI=1S/C16H17BrN2OS/c17-14-5-2-1-4-13(14)12-18-7-9-19(10-8-18)16(20)15-6-3-11-21-15/h1-6,11H,7-10,12H2/p+1. The molecule has 1 aliphatic heterocycles. The van der Waals surface area contributed by atoms with Crippen LogP contribution in [0.4, 0.5) is 0 Å². The number of quaternary nitrogens is 1. The zero-order chi connectivity index (χ0) is 14.7. The summed E-state index contributed by atoms with van der Waals surface area (Å²) in [5, 5.41) is 1.96. The number of piperazine rings is 1. The summed E-state index contributed by atoms with van der Waals surface area (Å²) >= 11 is 5.13. The maximum Gasteiger partial charge on any atom is 0.264 e. The van der Waals surface area contributed by atoms with Crippen LogP contribution in [-0.4, -0.2) is 37.0 Å². The first kappa shape index (κ1) is 14.8. The summed E-state index contributed by atoms with van der Waals surface area (Å²) in [6.07, 6.45) is 0. The van der Waals surface area contributed by atoms with Crippen molar-refractivity contribution in [2.24, 2.45) is 0 Å². The van der Waals surface area contributed by atoms with Crippen LogP contribution in [0.25, 0.3) is 0 Å². The number of carbonyl (C=O) groups is 1. The predicted molar refractivity (Wildman–Crippen MR) is 88.8 cm³/mol. The maximum absolute atomic E-state index is 12.3. The molecule has 1 amide bonds. The van der Waals surface area contributed by atoms with E-state index in [0.29, 0.717) is 0 Å². The molecule has 0 radical (unpaired) electrons. The van der Waals surface area contributed by atoms with Gasteiger partial charge in [0.2, 0.25) is 0 Å². The lowest BCUT2D eigenvalue weighted by atomic mass is 10.2. The monoisotopic (exact) mass is 365 g/mol. The summed E-state index contributed by atoms with van der Waals surface area (Å²) in [7, 11) is 0. The van der Waals surface area contributed by atoms with Crippen molar-refractivity contribution in [3.8, 4) is 0 Å². The van der Waals surface area contributed by atoms with Crippen molar-refractivity contribution in [3.63, 3.8) is 0 Å². The van der Waals surface area contributed by atoms with Gasteiger partial charge in [-0.2, -0.15) is 0 Å². The topological polar surface area (TPSA) is 24.8 Å². The highest BCUT2D eigenvalue weighted by atomic mass is 79.9. The molecule has 1 N–H and O–H groups in total. The Hall–Kier alpha value is -1.17. The molecule has 1 aliphatic rings. The number of amides is 1. The number of hydrogen-bond acceptors (Lipinski definition) is 2. The molecule has 1 saturated heterocycles. The Morgan fingerprint density at radius 1 is 1.19 bits per heavy atom. The van der Waals surface area contributed by atoms with E-state index in [1.165, 1.54) is 26.3 Å². The highest BCUT2D eigenvalue weighted by molar-refractivity contribution is 9.10. The largest absolute Gasteiger partial charge is 0.328 e. The van der Waals surface area contributed by atoms with E-state index in [1.54, 1.807) is 0 Å². The molecule has 21 heavy (non-hydrogen) atoms. The average molecular weight is 366 g/mol. The fourth-order valence-electron chi connectivity index (χ4n) is 2.67. The van der Waals surface area contributed by atoms with Gasteiger partial charge in [-0.1, -0.05) is 40.2 Å². The number of rotatable bonds is 3. The van der Waals surface area contributed by atoms with Gasteiger partial charge in [0.1, 0.15) is 6.54 Å². The summed E-state index contributed by atoms with van der Waals surface area (Å²) < 4.78 is 1.18. The Balaban J connectivity index is 1.56. The Morgan fingerprint density at radius 2 is 1.95 bits per heavy atom. The van der Waals surface area contributed by atoms with Gasteiger partial charge in [-0.05, 0) is 17.5 Å². The van der Waals surface area contributed by atoms with Crippen LogP contribution in [0.2, 0.25) is 0 Å². The lowest BCUT2D eigenvalue weighted by Gasteiger charge is -2.32. The van der Waals surface area contributed by atoms with Gasteiger partial charge >= 0.3 is 0 Å². The van der Waals surface area contributed by atoms with Gasteiger partial charge in [0.25, 0.3) is 5.91 Å². The Labute approximate surface area is 137 Å². The average Bonchev–Trinajstić information content (AvgIpc) is 3.04. The van der Waals surface area contributed by atoms with Crippen molar-refractivity contribution in [2.45, 2.75) is 6.54 Å². The van der Waals surface area contributed by atoms with E-state index in [-0.39, 0.29) is 5.91 Å². The van der Waals surface area contributed by atoms with Crippen LogP contribution in [0.1, 0.15) is 15.2 Å². The van der Waals surface area contributed by atoms with Crippen molar-refractivity contribution in [2.75, 3.05) is 26.2 Å². The van der Waals surface area contributed by atoms with Crippen molar-refractivity contribution >= 4 is 33.2 Å². The van der Waals surface area contributed by atoms with Crippen molar-refractivity contribution in [1.82, 2.24) is 4.90 Å². The molecule has 0 spiro atoms. The highest BCUT2D eigenvalue weighted by Gasteiger charge is 2.25. The Bertz CT molecular complexity index is 606. The van der Waals surface area contributed by atoms with Crippen molar-refractivity contribution < 1.29 is 9.69 Å². The van der Waals surface area contributed by atoms with Crippen LogP contribution in [-0.2, 0) is 6.54 Å². The van der Waals surface area contributed by atoms with Gasteiger partial charge in [0.15, 0.2) is 0 Å². The third kappa shape index (κ3) is 3.54. The van der Waals surface area contributed by atoms with E-state index in [9.17, 15) is 4.79 Å². The summed E-state index contributed by atoms with van der Waals surface area (Å²) in [4.78, 5) is 16.7. The van der Waals surface area contributed by atoms with E-state index in [0.717, 1.165) is 37.6 Å². The zero-order valence-corrected chi connectivity index (χ0v) is 14.1. The second-order valence-corrected chi connectivity index (χ2v) is 7.09. The van der Waals surface area contributed by atoms with E-state index in [4.69, 9.17) is 0 Å². The highest BCUT2D eigenvalue weighted by Crippen LogP contribution is 2.15. The van der Waals surface area contributed by atoms with Crippen LogP contribution in [0.5, 0.6) is 0 Å². The smallest absolute Gasteiger partial charge is 0.264 e. The number of halogens is 1. The molecule has 0 saturated carbocycles. The van der Waals surface area contributed by atoms with E-state index < -0.39 is 0 Å². The fraction of sp³-hybridized carbons (Fsp3) is 0.312. The SMILES string of the molecule is O=C(c1cccs1)N1CC[NH+](Cc2ccccc2Br)CC1. The first-order valence-corrected chi connectivity index (χ1v) is 8.81. The molecule has 0 bridgehead atoms. The molecule has 1 aromatic carbocycles. The van der Waals surface area contributed by atoms with Crippen molar-refractivity contribution in [3.05, 3.63) is 56.7 Å². The van der Waals surface area contributed by atoms with Crippen LogP contribution in [0, 0.1) is 0 Å². The van der Waals surface area contributed by atoms with Gasteiger partial charge in [0.05, 0.1) is 31.1 Å². The molecule has 1 fully saturated rings. The van der Waals surface area contributed by atoms with Gasteiger partial charge in [-0.3, -0.25) is 4.79 Å². The third-order valence-corrected chi connectivity index (χ3v) is 5.52. The van der Waals surface area contributed by atoms with E-state index in [2.05, 4.69) is 34.1 Å². The minimum atomic E-state index is 0.185. The first-order chi connectivity index (χ1) is 10.2. The molecule has 2 heterocycles. The molecule has 2 aromatic rings. The fourth-order valence-corrected chi connectivity index (χ4v) is 3.79. The Kier molecular flexibility index (Phi) is 4.73. The quantitative estimate of drug-likeness (QED) is 0.884. The summed E-state index contributed by atoms with van der Waals surface area (Å²) in [6, 6.07) is 12.2. The molecule has 5 heteroatoms. The molecule has 0 aliphatic carbocycles. The lowest BCUT2D eigenvalue weighted by Crippen LogP contribution is -3.13. The summed E-state index contributed by atoms with van der Waals surface area (Å²) in [6.45, 7) is 4.73. The first-order valence-electron chi connectivity index (χ1n) is 7.14. The van der Waals surface area contributed by atoms with Crippen LogP contribution in [0.15, 0.2) is 46.3 Å². The van der Waals surface area contributed by atoms with Gasteiger partial charge in [-0.25, -0.2) is 0 Å². The van der Waals surface area contributed by atoms with Gasteiger partial charge in [-0.15, -0.1) is 11.3 Å². The minimum absolute atomic E-state index is 0.185. The molecule has 0 atom stereocenters. The van der Waals surface area contributed by atoms with Crippen LogP contribution < -0.4 is 4.90 Å². The van der Waals surface area contributed by atoms with E-state index in [1.807, 2.05) is 28.5 Å². The molecule has 110 valence electrons. The summed E-state index contributed by atoms with van der Waals surface area (Å²) in [5.74, 6) is 0.185. The molecule has 0 unspecified atom stereocenters. The zero-order valence-electron chi connectivity index (χ0n) is 11.7. The predicted octanol–water partition coefficient (Wildman–Crippen LogP) is 2.05. The number of thiophene rings is 1. The van der Waals surface area contributed by atoms with Crippen molar-refractivity contribution in [1.29, 1.82) is 0 Å². The summed E-state index contributed by atoms with van der Waals surface area (Å²) in [5.41, 5.74) is 1.34. The lowest BCUT2D eigenvalue weighted by molar-refractivity contribution is -0.917. The molecular weight excluding hydrogens is 348 g/mol. The van der Waals surface area contributed by atoms with Gasteiger partial charge < -0.3 is 9.80 Å². The number of benzene rings is 1. The number of nitrogens with zero attached hydrogens (tertiary/aromatic N) is 1. The molecule has 3 nitrogen and oxygen atoms in total. The normalized spacial score (nSPS) is 16.1. The second-order valence-electron chi connectivity index (χ2n) is 5.29. The molecule has 3 rings (SSSR count). The van der Waals surface area contributed by atoms with Crippen LogP contribution in [0.3, 0.4) is 0 Å². The second kappa shape index (κ2) is 6.73. The minimum Gasteiger partial charge on any atom is -0.328 e.